The number of aromatic hydroxyl groups is 1. The van der Waals surface area contributed by atoms with Crippen molar-refractivity contribution in [2.45, 2.75) is 19.8 Å². The van der Waals surface area contributed by atoms with Crippen LogP contribution in [-0.2, 0) is 0 Å². The number of benzene rings is 1. The zero-order valence-electron chi connectivity index (χ0n) is 9.95. The number of para-hydroxylation sites is 1. The molecule has 0 heterocycles. The monoisotopic (exact) mass is 299 g/mol. The molecule has 1 aromatic carbocycles. The van der Waals surface area contributed by atoms with E-state index in [-0.39, 0.29) is 11.7 Å². The second kappa shape index (κ2) is 7.33. The summed E-state index contributed by atoms with van der Waals surface area (Å²) >= 11 is 3.40. The Kier molecular flexibility index (Phi) is 6.05. The highest BCUT2D eigenvalue weighted by atomic mass is 79.9. The summed E-state index contributed by atoms with van der Waals surface area (Å²) in [4.78, 5) is 11.8. The van der Waals surface area contributed by atoms with Gasteiger partial charge in [0.15, 0.2) is 0 Å². The quantitative estimate of drug-likeness (QED) is 0.794. The number of halogens is 1. The molecule has 17 heavy (non-hydrogen) atoms. The van der Waals surface area contributed by atoms with Gasteiger partial charge in [-0.25, -0.2) is 0 Å². The first-order valence-corrected chi connectivity index (χ1v) is 6.93. The third kappa shape index (κ3) is 4.38. The summed E-state index contributed by atoms with van der Waals surface area (Å²) in [6.45, 7) is 2.76. The molecule has 0 saturated heterocycles. The highest BCUT2D eigenvalue weighted by molar-refractivity contribution is 9.09. The maximum Gasteiger partial charge on any atom is 0.255 e. The topological polar surface area (TPSA) is 49.3 Å². The lowest BCUT2D eigenvalue weighted by Crippen LogP contribution is -2.29. The predicted molar refractivity (Wildman–Crippen MR) is 72.6 cm³/mol. The molecule has 0 spiro atoms. The van der Waals surface area contributed by atoms with Crippen molar-refractivity contribution in [3.05, 3.63) is 29.8 Å². The summed E-state index contributed by atoms with van der Waals surface area (Å²) in [5.41, 5.74) is 0.334. The smallest absolute Gasteiger partial charge is 0.255 e. The van der Waals surface area contributed by atoms with Gasteiger partial charge in [0, 0.05) is 11.9 Å². The SMILES string of the molecule is CCC(CCBr)CNC(=O)c1ccccc1O. The van der Waals surface area contributed by atoms with Crippen LogP contribution < -0.4 is 5.32 Å². The van der Waals surface area contributed by atoms with Crippen molar-refractivity contribution in [1.82, 2.24) is 5.32 Å². The highest BCUT2D eigenvalue weighted by Gasteiger charge is 2.12. The number of carbonyl (C=O) groups excluding carboxylic acids is 1. The van der Waals surface area contributed by atoms with E-state index < -0.39 is 0 Å². The molecule has 0 bridgehead atoms. The third-order valence-corrected chi connectivity index (χ3v) is 3.25. The average Bonchev–Trinajstić information content (AvgIpc) is 2.34. The van der Waals surface area contributed by atoms with Gasteiger partial charge in [0.25, 0.3) is 5.91 Å². The van der Waals surface area contributed by atoms with Gasteiger partial charge in [-0.3, -0.25) is 4.79 Å². The first kappa shape index (κ1) is 14.0. The first-order chi connectivity index (χ1) is 8.19. The Bertz CT molecular complexity index is 368. The van der Waals surface area contributed by atoms with E-state index in [9.17, 15) is 9.90 Å². The summed E-state index contributed by atoms with van der Waals surface area (Å²) in [6, 6.07) is 6.58. The molecule has 0 aromatic heterocycles. The molecule has 0 radical (unpaired) electrons. The van der Waals surface area contributed by atoms with Crippen LogP contribution in [0.25, 0.3) is 0 Å². The Hall–Kier alpha value is -1.03. The van der Waals surface area contributed by atoms with Crippen LogP contribution in [-0.4, -0.2) is 22.9 Å². The third-order valence-electron chi connectivity index (χ3n) is 2.79. The van der Waals surface area contributed by atoms with Gasteiger partial charge in [0.05, 0.1) is 5.56 Å². The van der Waals surface area contributed by atoms with Gasteiger partial charge < -0.3 is 10.4 Å². The van der Waals surface area contributed by atoms with Crippen molar-refractivity contribution in [2.24, 2.45) is 5.92 Å². The van der Waals surface area contributed by atoms with Crippen LogP contribution in [0.5, 0.6) is 5.75 Å². The highest BCUT2D eigenvalue weighted by Crippen LogP contribution is 2.15. The van der Waals surface area contributed by atoms with E-state index in [4.69, 9.17) is 0 Å². The minimum Gasteiger partial charge on any atom is -0.507 e. The molecule has 2 N–H and O–H groups in total. The van der Waals surface area contributed by atoms with Crippen LogP contribution >= 0.6 is 15.9 Å². The number of hydrogen-bond donors (Lipinski definition) is 2. The Balaban J connectivity index is 2.52. The molecule has 0 aliphatic carbocycles. The molecule has 0 aliphatic heterocycles. The molecular formula is C13H18BrNO2. The number of phenolic OH excluding ortho intramolecular Hbond substituents is 1. The van der Waals surface area contributed by atoms with Crippen LogP contribution in [0.3, 0.4) is 0 Å². The molecule has 94 valence electrons. The van der Waals surface area contributed by atoms with Gasteiger partial charge in [-0.1, -0.05) is 41.4 Å². The fourth-order valence-corrected chi connectivity index (χ4v) is 2.25. The molecular weight excluding hydrogens is 282 g/mol. The molecule has 0 aliphatic rings. The van der Waals surface area contributed by atoms with Crippen molar-refractivity contribution in [2.75, 3.05) is 11.9 Å². The van der Waals surface area contributed by atoms with Gasteiger partial charge in [-0.2, -0.15) is 0 Å². The zero-order valence-corrected chi connectivity index (χ0v) is 11.5. The summed E-state index contributed by atoms with van der Waals surface area (Å²) < 4.78 is 0. The molecule has 3 nitrogen and oxygen atoms in total. The summed E-state index contributed by atoms with van der Waals surface area (Å²) in [7, 11) is 0. The van der Waals surface area contributed by atoms with Crippen LogP contribution in [0.1, 0.15) is 30.1 Å². The molecule has 1 atom stereocenters. The lowest BCUT2D eigenvalue weighted by atomic mass is 10.0. The number of hydrogen-bond acceptors (Lipinski definition) is 2. The second-order valence-electron chi connectivity index (χ2n) is 3.98. The zero-order chi connectivity index (χ0) is 12.7. The fraction of sp³-hybridized carbons (Fsp3) is 0.462. The minimum absolute atomic E-state index is 0.0264. The van der Waals surface area contributed by atoms with Crippen LogP contribution in [0.15, 0.2) is 24.3 Å². The summed E-state index contributed by atoms with van der Waals surface area (Å²) in [5, 5.41) is 13.3. The number of nitrogens with one attached hydrogen (secondary N) is 1. The number of carbonyl (C=O) groups is 1. The number of phenols is 1. The van der Waals surface area contributed by atoms with Crippen molar-refractivity contribution in [3.63, 3.8) is 0 Å². The van der Waals surface area contributed by atoms with Crippen LogP contribution in [0.2, 0.25) is 0 Å². The second-order valence-corrected chi connectivity index (χ2v) is 4.77. The Morgan fingerprint density at radius 1 is 1.47 bits per heavy atom. The molecule has 1 unspecified atom stereocenters. The molecule has 4 heteroatoms. The Labute approximate surface area is 110 Å². The van der Waals surface area contributed by atoms with E-state index in [2.05, 4.69) is 28.2 Å². The standard InChI is InChI=1S/C13H18BrNO2/c1-2-10(7-8-14)9-15-13(17)11-5-3-4-6-12(11)16/h3-6,10,16H,2,7-9H2,1H3,(H,15,17). The largest absolute Gasteiger partial charge is 0.507 e. The number of alkyl halides is 1. The van der Waals surface area contributed by atoms with Gasteiger partial charge in [0.2, 0.25) is 0 Å². The van der Waals surface area contributed by atoms with Crippen molar-refractivity contribution >= 4 is 21.8 Å². The first-order valence-electron chi connectivity index (χ1n) is 5.81. The lowest BCUT2D eigenvalue weighted by molar-refractivity contribution is 0.0944. The fourth-order valence-electron chi connectivity index (χ4n) is 1.60. The van der Waals surface area contributed by atoms with Gasteiger partial charge in [-0.15, -0.1) is 0 Å². The molecule has 1 amide bonds. The summed E-state index contributed by atoms with van der Waals surface area (Å²) in [5.74, 6) is 0.291. The lowest BCUT2D eigenvalue weighted by Gasteiger charge is -2.14. The Morgan fingerprint density at radius 2 is 2.18 bits per heavy atom. The molecule has 1 rings (SSSR count). The van der Waals surface area contributed by atoms with E-state index in [1.807, 2.05) is 0 Å². The van der Waals surface area contributed by atoms with Gasteiger partial charge >= 0.3 is 0 Å². The van der Waals surface area contributed by atoms with E-state index in [0.717, 1.165) is 18.2 Å². The minimum atomic E-state index is -0.212. The van der Waals surface area contributed by atoms with E-state index in [1.54, 1.807) is 18.2 Å². The van der Waals surface area contributed by atoms with Crippen molar-refractivity contribution < 1.29 is 9.90 Å². The maximum atomic E-state index is 11.8. The van der Waals surface area contributed by atoms with Crippen LogP contribution in [0, 0.1) is 5.92 Å². The Morgan fingerprint density at radius 3 is 2.76 bits per heavy atom. The average molecular weight is 300 g/mol. The van der Waals surface area contributed by atoms with E-state index >= 15 is 0 Å². The normalized spacial score (nSPS) is 12.1. The molecule has 0 saturated carbocycles. The van der Waals surface area contributed by atoms with Gasteiger partial charge in [0.1, 0.15) is 5.75 Å². The van der Waals surface area contributed by atoms with Gasteiger partial charge in [-0.05, 0) is 24.5 Å². The molecule has 1 aromatic rings. The number of amides is 1. The maximum absolute atomic E-state index is 11.8. The predicted octanol–water partition coefficient (Wildman–Crippen LogP) is 2.93. The van der Waals surface area contributed by atoms with E-state index in [0.29, 0.717) is 18.0 Å². The van der Waals surface area contributed by atoms with Crippen molar-refractivity contribution in [3.8, 4) is 5.75 Å². The van der Waals surface area contributed by atoms with Crippen molar-refractivity contribution in [1.29, 1.82) is 0 Å². The van der Waals surface area contributed by atoms with E-state index in [1.165, 1.54) is 6.07 Å². The van der Waals surface area contributed by atoms with Crippen LogP contribution in [0.4, 0.5) is 0 Å². The number of rotatable bonds is 6. The molecule has 0 fully saturated rings. The summed E-state index contributed by atoms with van der Waals surface area (Å²) in [6.07, 6.45) is 2.07.